The van der Waals surface area contributed by atoms with Crippen molar-refractivity contribution in [2.24, 2.45) is 7.05 Å². The molecule has 0 spiro atoms. The number of anilines is 1. The highest BCUT2D eigenvalue weighted by atomic mass is 35.5. The van der Waals surface area contributed by atoms with Crippen LogP contribution < -0.4 is 4.90 Å². The lowest BCUT2D eigenvalue weighted by molar-refractivity contribution is 0.119. The van der Waals surface area contributed by atoms with Gasteiger partial charge in [0.05, 0.1) is 12.3 Å². The van der Waals surface area contributed by atoms with E-state index in [1.54, 1.807) is 18.0 Å². The average molecular weight is 231 g/mol. The summed E-state index contributed by atoms with van der Waals surface area (Å²) in [5.41, 5.74) is 0. The molecule has 6 heteroatoms. The van der Waals surface area contributed by atoms with E-state index in [1.807, 2.05) is 7.05 Å². The fourth-order valence-electron chi connectivity index (χ4n) is 2.02. The maximum Gasteiger partial charge on any atom is 0.147 e. The highest BCUT2D eigenvalue weighted by Gasteiger charge is 2.33. The van der Waals surface area contributed by atoms with Gasteiger partial charge in [-0.3, -0.25) is 0 Å². The maximum atomic E-state index is 5.95. The fourth-order valence-corrected chi connectivity index (χ4v) is 2.31. The molecule has 0 amide bonds. The number of halogens is 1. The molecule has 0 aliphatic carbocycles. The van der Waals surface area contributed by atoms with Gasteiger partial charge in [-0.15, -0.1) is 16.7 Å². The number of rotatable bonds is 3. The third-order valence-corrected chi connectivity index (χ3v) is 3.23. The first-order valence-corrected chi connectivity index (χ1v) is 5.49. The summed E-state index contributed by atoms with van der Waals surface area (Å²) in [4.78, 5) is 2.21. The van der Waals surface area contributed by atoms with E-state index in [1.165, 1.54) is 0 Å². The second kappa shape index (κ2) is 4.37. The van der Waals surface area contributed by atoms with Gasteiger partial charge in [-0.1, -0.05) is 5.21 Å². The van der Waals surface area contributed by atoms with Crippen molar-refractivity contribution in [1.29, 1.82) is 0 Å². The van der Waals surface area contributed by atoms with Gasteiger partial charge in [-0.25, -0.2) is 4.68 Å². The number of alkyl halides is 1. The molecule has 0 aromatic carbocycles. The lowest BCUT2D eigenvalue weighted by atomic mass is 10.2. The standard InChI is InChI=1S/C9H15ClN4O/c1-13-9(5-11-12-13)14-6-8(15-2)3-7(14)4-10/h5,7-8H,3-4,6H2,1-2H3. The quantitative estimate of drug-likeness (QED) is 0.716. The van der Waals surface area contributed by atoms with E-state index in [0.717, 1.165) is 18.8 Å². The van der Waals surface area contributed by atoms with E-state index in [4.69, 9.17) is 16.3 Å². The summed E-state index contributed by atoms with van der Waals surface area (Å²) in [5.74, 6) is 1.60. The van der Waals surface area contributed by atoms with Gasteiger partial charge in [-0.05, 0) is 6.42 Å². The number of aryl methyl sites for hydroxylation is 1. The van der Waals surface area contributed by atoms with Crippen LogP contribution in [0, 0.1) is 0 Å². The summed E-state index contributed by atoms with van der Waals surface area (Å²) in [6.07, 6.45) is 2.98. The first-order chi connectivity index (χ1) is 7.26. The molecule has 1 saturated heterocycles. The number of methoxy groups -OCH3 is 1. The van der Waals surface area contributed by atoms with Crippen LogP contribution in [0.25, 0.3) is 0 Å². The lowest BCUT2D eigenvalue weighted by Crippen LogP contribution is -2.32. The Morgan fingerprint density at radius 1 is 1.67 bits per heavy atom. The number of ether oxygens (including phenoxy) is 1. The minimum atomic E-state index is 0.253. The Morgan fingerprint density at radius 3 is 3.00 bits per heavy atom. The van der Waals surface area contributed by atoms with Crippen molar-refractivity contribution in [3.63, 3.8) is 0 Å². The van der Waals surface area contributed by atoms with Gasteiger partial charge in [0.15, 0.2) is 0 Å². The molecule has 1 aliphatic rings. The van der Waals surface area contributed by atoms with E-state index in [-0.39, 0.29) is 6.10 Å². The van der Waals surface area contributed by atoms with Crippen molar-refractivity contribution < 1.29 is 4.74 Å². The highest BCUT2D eigenvalue weighted by Crippen LogP contribution is 2.26. The lowest BCUT2D eigenvalue weighted by Gasteiger charge is -2.23. The van der Waals surface area contributed by atoms with Crippen LogP contribution in [0.4, 0.5) is 5.82 Å². The number of hydrogen-bond donors (Lipinski definition) is 0. The van der Waals surface area contributed by atoms with Crippen LogP contribution in [0.3, 0.4) is 0 Å². The van der Waals surface area contributed by atoms with E-state index < -0.39 is 0 Å². The zero-order valence-electron chi connectivity index (χ0n) is 8.93. The Morgan fingerprint density at radius 2 is 2.47 bits per heavy atom. The molecule has 0 bridgehead atoms. The van der Waals surface area contributed by atoms with Crippen LogP contribution >= 0.6 is 11.6 Å². The monoisotopic (exact) mass is 230 g/mol. The topological polar surface area (TPSA) is 43.2 Å². The van der Waals surface area contributed by atoms with Gasteiger partial charge in [0.25, 0.3) is 0 Å². The Hall–Kier alpha value is -0.810. The van der Waals surface area contributed by atoms with Crippen molar-refractivity contribution in [3.8, 4) is 0 Å². The summed E-state index contributed by atoms with van der Waals surface area (Å²) < 4.78 is 7.12. The molecule has 1 fully saturated rings. The molecule has 2 heterocycles. The summed E-state index contributed by atoms with van der Waals surface area (Å²) in [6.45, 7) is 0.856. The zero-order valence-corrected chi connectivity index (χ0v) is 9.68. The molecule has 0 N–H and O–H groups in total. The van der Waals surface area contributed by atoms with Crippen molar-refractivity contribution in [2.45, 2.75) is 18.6 Å². The Labute approximate surface area is 94.0 Å². The minimum Gasteiger partial charge on any atom is -0.380 e. The van der Waals surface area contributed by atoms with E-state index in [2.05, 4.69) is 15.2 Å². The number of nitrogens with zero attached hydrogens (tertiary/aromatic N) is 4. The van der Waals surface area contributed by atoms with Crippen molar-refractivity contribution >= 4 is 17.4 Å². The molecule has 0 saturated carbocycles. The molecule has 2 atom stereocenters. The highest BCUT2D eigenvalue weighted by molar-refractivity contribution is 6.18. The van der Waals surface area contributed by atoms with Crippen LogP contribution in [-0.2, 0) is 11.8 Å². The van der Waals surface area contributed by atoms with E-state index >= 15 is 0 Å². The first kappa shape index (κ1) is 10.7. The second-order valence-electron chi connectivity index (χ2n) is 3.77. The first-order valence-electron chi connectivity index (χ1n) is 4.96. The van der Waals surface area contributed by atoms with Crippen LogP contribution in [0.2, 0.25) is 0 Å². The Kier molecular flexibility index (Phi) is 3.11. The number of aromatic nitrogens is 3. The average Bonchev–Trinajstić information content (AvgIpc) is 2.82. The largest absolute Gasteiger partial charge is 0.380 e. The Bertz CT molecular complexity index is 330. The molecule has 15 heavy (non-hydrogen) atoms. The third-order valence-electron chi connectivity index (χ3n) is 2.87. The van der Waals surface area contributed by atoms with Gasteiger partial charge in [-0.2, -0.15) is 0 Å². The third kappa shape index (κ3) is 1.94. The second-order valence-corrected chi connectivity index (χ2v) is 4.08. The maximum absolute atomic E-state index is 5.95. The molecule has 5 nitrogen and oxygen atoms in total. The predicted molar refractivity (Wildman–Crippen MR) is 58.3 cm³/mol. The molecule has 2 rings (SSSR count). The Balaban J connectivity index is 2.18. The summed E-state index contributed by atoms with van der Waals surface area (Å²) >= 11 is 5.95. The molecule has 84 valence electrons. The van der Waals surface area contributed by atoms with E-state index in [0.29, 0.717) is 11.9 Å². The molecular weight excluding hydrogens is 216 g/mol. The molecule has 1 aromatic heterocycles. The fraction of sp³-hybridized carbons (Fsp3) is 0.778. The van der Waals surface area contributed by atoms with Crippen LogP contribution in [-0.4, -0.2) is 46.7 Å². The van der Waals surface area contributed by atoms with Gasteiger partial charge in [0.1, 0.15) is 5.82 Å². The molecular formula is C9H15ClN4O. The molecule has 2 unspecified atom stereocenters. The van der Waals surface area contributed by atoms with Crippen LogP contribution in [0.1, 0.15) is 6.42 Å². The van der Waals surface area contributed by atoms with Gasteiger partial charge < -0.3 is 9.64 Å². The molecule has 1 aliphatic heterocycles. The predicted octanol–water partition coefficient (Wildman–Crippen LogP) is 0.648. The van der Waals surface area contributed by atoms with Gasteiger partial charge >= 0.3 is 0 Å². The van der Waals surface area contributed by atoms with Crippen molar-refractivity contribution in [1.82, 2.24) is 15.0 Å². The van der Waals surface area contributed by atoms with Gasteiger partial charge in [0.2, 0.25) is 0 Å². The molecule has 1 aromatic rings. The minimum absolute atomic E-state index is 0.253. The molecule has 0 radical (unpaired) electrons. The van der Waals surface area contributed by atoms with Crippen LogP contribution in [0.15, 0.2) is 6.20 Å². The van der Waals surface area contributed by atoms with Crippen molar-refractivity contribution in [3.05, 3.63) is 6.20 Å². The zero-order chi connectivity index (χ0) is 10.8. The van der Waals surface area contributed by atoms with Crippen molar-refractivity contribution in [2.75, 3.05) is 24.4 Å². The smallest absolute Gasteiger partial charge is 0.147 e. The summed E-state index contributed by atoms with van der Waals surface area (Å²) in [7, 11) is 3.62. The van der Waals surface area contributed by atoms with Crippen LogP contribution in [0.5, 0.6) is 0 Å². The normalized spacial score (nSPS) is 26.2. The number of hydrogen-bond acceptors (Lipinski definition) is 4. The SMILES string of the molecule is COC1CC(CCl)N(c2cnnn2C)C1. The summed E-state index contributed by atoms with van der Waals surface area (Å²) in [6, 6.07) is 0.314. The van der Waals surface area contributed by atoms with Gasteiger partial charge in [0, 0.05) is 32.6 Å². The summed E-state index contributed by atoms with van der Waals surface area (Å²) in [5, 5.41) is 7.80. The van der Waals surface area contributed by atoms with E-state index in [9.17, 15) is 0 Å².